The zero-order valence-electron chi connectivity index (χ0n) is 19.9. The van der Waals surface area contributed by atoms with E-state index in [1.807, 2.05) is 22.8 Å². The van der Waals surface area contributed by atoms with Crippen molar-refractivity contribution in [2.24, 2.45) is 23.7 Å². The summed E-state index contributed by atoms with van der Waals surface area (Å²) in [5, 5.41) is 8.47. The summed E-state index contributed by atoms with van der Waals surface area (Å²) in [5.74, 6) is 3.96. The van der Waals surface area contributed by atoms with Gasteiger partial charge in [-0.25, -0.2) is 4.98 Å². The molecule has 0 atom stereocenters. The molecule has 4 fully saturated rings. The number of carbonyl (C=O) groups excluding carboxylic acids is 1. The molecule has 1 heterocycles. The second kappa shape index (κ2) is 10.0. The molecule has 7 rings (SSSR count). The summed E-state index contributed by atoms with van der Waals surface area (Å²) in [6, 6.07) is 13.2. The van der Waals surface area contributed by atoms with Gasteiger partial charge in [0, 0.05) is 40.9 Å². The molecule has 8 heteroatoms. The summed E-state index contributed by atoms with van der Waals surface area (Å²) in [6.45, 7) is 1.33. The molecule has 4 aliphatic carbocycles. The second-order valence-electron chi connectivity index (χ2n) is 10.6. The first-order valence-electron chi connectivity index (χ1n) is 12.8. The van der Waals surface area contributed by atoms with Gasteiger partial charge in [0.15, 0.2) is 0 Å². The van der Waals surface area contributed by atoms with E-state index in [-0.39, 0.29) is 5.91 Å². The molecule has 1 aromatic heterocycles. The van der Waals surface area contributed by atoms with Gasteiger partial charge in [-0.05, 0) is 98.2 Å². The van der Waals surface area contributed by atoms with E-state index in [1.54, 1.807) is 30.5 Å². The Balaban J connectivity index is 1.16. The van der Waals surface area contributed by atoms with Gasteiger partial charge in [-0.1, -0.05) is 34.8 Å². The maximum absolute atomic E-state index is 13.1. The highest BCUT2D eigenvalue weighted by Crippen LogP contribution is 2.53. The largest absolute Gasteiger partial charge is 0.349 e. The number of benzene rings is 2. The number of halogens is 3. The van der Waals surface area contributed by atoms with E-state index in [0.717, 1.165) is 35.8 Å². The predicted octanol–water partition coefficient (Wildman–Crippen LogP) is 6.64. The maximum Gasteiger partial charge on any atom is 0.271 e. The highest BCUT2D eigenvalue weighted by Gasteiger charge is 2.47. The van der Waals surface area contributed by atoms with Crippen LogP contribution in [0.15, 0.2) is 48.7 Å². The molecular weight excluding hydrogens is 515 g/mol. The van der Waals surface area contributed by atoms with Gasteiger partial charge >= 0.3 is 0 Å². The number of hydrogen-bond acceptors (Lipinski definition) is 3. The molecule has 0 saturated heterocycles. The lowest BCUT2D eigenvalue weighted by atomic mass is 9.54. The lowest BCUT2D eigenvalue weighted by Crippen LogP contribution is -2.55. The average molecular weight is 544 g/mol. The van der Waals surface area contributed by atoms with Crippen molar-refractivity contribution < 1.29 is 4.79 Å². The number of carbonyl (C=O) groups is 1. The van der Waals surface area contributed by atoms with Gasteiger partial charge in [-0.2, -0.15) is 0 Å². The van der Waals surface area contributed by atoms with Crippen molar-refractivity contribution >= 4 is 40.7 Å². The van der Waals surface area contributed by atoms with Gasteiger partial charge in [0.2, 0.25) is 0 Å². The van der Waals surface area contributed by atoms with E-state index >= 15 is 0 Å². The Labute approximate surface area is 226 Å². The first-order valence-corrected chi connectivity index (χ1v) is 13.9. The monoisotopic (exact) mass is 542 g/mol. The molecule has 2 N–H and O–H groups in total. The fourth-order valence-electron chi connectivity index (χ4n) is 6.92. The third-order valence-corrected chi connectivity index (χ3v) is 9.02. The molecule has 5 nitrogen and oxygen atoms in total. The maximum atomic E-state index is 13.1. The third-order valence-electron chi connectivity index (χ3n) is 8.23. The summed E-state index contributed by atoms with van der Waals surface area (Å²) < 4.78 is 1.82. The van der Waals surface area contributed by atoms with E-state index in [2.05, 4.69) is 15.6 Å². The van der Waals surface area contributed by atoms with Crippen LogP contribution in [0.1, 0.15) is 42.6 Å². The Morgan fingerprint density at radius 1 is 0.889 bits per heavy atom. The fourth-order valence-corrected chi connectivity index (χ4v) is 7.54. The number of amides is 1. The number of imidazole rings is 1. The van der Waals surface area contributed by atoms with Crippen molar-refractivity contribution in [1.29, 1.82) is 0 Å². The summed E-state index contributed by atoms with van der Waals surface area (Å²) >= 11 is 18.7. The molecule has 0 radical (unpaired) electrons. The molecule has 4 bridgehead atoms. The Morgan fingerprint density at radius 3 is 2.22 bits per heavy atom. The molecule has 3 aromatic rings. The minimum absolute atomic E-state index is 0.207. The number of rotatable bonds is 7. The molecule has 4 saturated carbocycles. The van der Waals surface area contributed by atoms with Crippen molar-refractivity contribution in [3.63, 3.8) is 0 Å². The summed E-state index contributed by atoms with van der Waals surface area (Å²) in [4.78, 5) is 17.7. The molecule has 0 aliphatic heterocycles. The van der Waals surface area contributed by atoms with Crippen LogP contribution in [0.25, 0.3) is 17.1 Å². The van der Waals surface area contributed by atoms with E-state index < -0.39 is 0 Å². The van der Waals surface area contributed by atoms with Crippen LogP contribution in [0, 0.1) is 23.7 Å². The van der Waals surface area contributed by atoms with Crippen LogP contribution in [-0.2, 0) is 0 Å². The van der Waals surface area contributed by atoms with Crippen molar-refractivity contribution in [1.82, 2.24) is 20.2 Å². The Bertz CT molecular complexity index is 1240. The minimum atomic E-state index is -0.207. The standard InChI is InChI=1S/C28H29Cl3N4O/c29-21-3-1-18(2-4-21)27-34-24(15-35(27)25-6-5-22(30)14-23(25)31)28(36)33-8-7-32-26-19-10-16-9-17(12-19)13-20(26)11-16/h1-6,14-17,19-20,26,32H,7-13H2,(H,33,36). The second-order valence-corrected chi connectivity index (χ2v) is 11.9. The zero-order chi connectivity index (χ0) is 24.8. The van der Waals surface area contributed by atoms with E-state index in [9.17, 15) is 4.79 Å². The van der Waals surface area contributed by atoms with Crippen LogP contribution in [0.3, 0.4) is 0 Å². The molecular formula is C28H29Cl3N4O. The average Bonchev–Trinajstić information content (AvgIpc) is 3.28. The predicted molar refractivity (Wildman–Crippen MR) is 145 cm³/mol. The van der Waals surface area contributed by atoms with Crippen molar-refractivity contribution in [2.45, 2.75) is 38.1 Å². The fraction of sp³-hybridized carbons (Fsp3) is 0.429. The van der Waals surface area contributed by atoms with Gasteiger partial charge in [0.1, 0.15) is 11.5 Å². The number of nitrogens with one attached hydrogen (secondary N) is 2. The SMILES string of the molecule is O=C(NCCNC1C2CC3CC(C2)CC1C3)c1cn(-c2ccc(Cl)cc2Cl)c(-c2ccc(Cl)cc2)n1. The number of aromatic nitrogens is 2. The normalized spacial score (nSPS) is 26.4. The van der Waals surface area contributed by atoms with Crippen LogP contribution in [0.4, 0.5) is 0 Å². The Morgan fingerprint density at radius 2 is 1.56 bits per heavy atom. The molecule has 0 unspecified atom stereocenters. The number of hydrogen-bond donors (Lipinski definition) is 2. The summed E-state index contributed by atoms with van der Waals surface area (Å²) in [5.41, 5.74) is 1.86. The topological polar surface area (TPSA) is 59.0 Å². The van der Waals surface area contributed by atoms with Gasteiger partial charge in [0.25, 0.3) is 5.91 Å². The van der Waals surface area contributed by atoms with E-state index in [0.29, 0.717) is 44.9 Å². The summed E-state index contributed by atoms with van der Waals surface area (Å²) in [7, 11) is 0. The lowest BCUT2D eigenvalue weighted by Gasteiger charge is -2.54. The molecule has 0 spiro atoms. The highest BCUT2D eigenvalue weighted by molar-refractivity contribution is 6.35. The third kappa shape index (κ3) is 4.79. The zero-order valence-corrected chi connectivity index (χ0v) is 22.2. The first-order chi connectivity index (χ1) is 17.4. The van der Waals surface area contributed by atoms with Crippen molar-refractivity contribution in [3.05, 3.63) is 69.4 Å². The van der Waals surface area contributed by atoms with E-state index in [1.165, 1.54) is 32.1 Å². The molecule has 1 amide bonds. The van der Waals surface area contributed by atoms with E-state index in [4.69, 9.17) is 34.8 Å². The number of nitrogens with zero attached hydrogens (tertiary/aromatic N) is 2. The smallest absolute Gasteiger partial charge is 0.271 e. The van der Waals surface area contributed by atoms with Crippen molar-refractivity contribution in [3.8, 4) is 17.1 Å². The summed E-state index contributed by atoms with van der Waals surface area (Å²) in [6.07, 6.45) is 8.72. The van der Waals surface area contributed by atoms with Gasteiger partial charge in [-0.15, -0.1) is 0 Å². The van der Waals surface area contributed by atoms with Crippen molar-refractivity contribution in [2.75, 3.05) is 13.1 Å². The quantitative estimate of drug-likeness (QED) is 0.328. The molecule has 4 aliphatic rings. The molecule has 188 valence electrons. The van der Waals surface area contributed by atoms with Gasteiger partial charge in [-0.3, -0.25) is 9.36 Å². The minimum Gasteiger partial charge on any atom is -0.349 e. The Hall–Kier alpha value is -2.05. The molecule has 2 aromatic carbocycles. The van der Waals surface area contributed by atoms with Crippen LogP contribution < -0.4 is 10.6 Å². The van der Waals surface area contributed by atoms with Gasteiger partial charge < -0.3 is 10.6 Å². The lowest BCUT2D eigenvalue weighted by molar-refractivity contribution is -0.0133. The van der Waals surface area contributed by atoms with Crippen LogP contribution in [0.2, 0.25) is 15.1 Å². The van der Waals surface area contributed by atoms with Crippen LogP contribution in [-0.4, -0.2) is 34.6 Å². The van der Waals surface area contributed by atoms with Gasteiger partial charge in [0.05, 0.1) is 10.7 Å². The van der Waals surface area contributed by atoms with Crippen LogP contribution >= 0.6 is 34.8 Å². The first kappa shape index (κ1) is 24.3. The Kier molecular flexibility index (Phi) is 6.76. The highest BCUT2D eigenvalue weighted by atomic mass is 35.5. The molecule has 36 heavy (non-hydrogen) atoms. The van der Waals surface area contributed by atoms with Crippen LogP contribution in [0.5, 0.6) is 0 Å².